The number of thiazole rings is 1. The van der Waals surface area contributed by atoms with Crippen molar-refractivity contribution in [1.82, 2.24) is 4.98 Å². The summed E-state index contributed by atoms with van der Waals surface area (Å²) in [6.07, 6.45) is 11.7. The lowest BCUT2D eigenvalue weighted by molar-refractivity contribution is -0.0493. The minimum Gasteiger partial charge on any atom is -0.367 e. The van der Waals surface area contributed by atoms with Crippen LogP contribution in [0.15, 0.2) is 42.6 Å². The predicted octanol–water partition coefficient (Wildman–Crippen LogP) is 5.58. The number of fused-ring (bicyclic) bond motifs is 1. The van der Waals surface area contributed by atoms with Crippen molar-refractivity contribution in [3.8, 4) is 16.5 Å². The number of aryl methyl sites for hydroxylation is 1. The lowest BCUT2D eigenvalue weighted by Crippen LogP contribution is -2.38. The molecule has 1 aromatic carbocycles. The van der Waals surface area contributed by atoms with E-state index in [1.807, 2.05) is 45.2 Å². The fourth-order valence-corrected chi connectivity index (χ4v) is 5.04. The van der Waals surface area contributed by atoms with Crippen molar-refractivity contribution in [3.05, 3.63) is 58.8 Å². The zero-order valence-corrected chi connectivity index (χ0v) is 16.8. The van der Waals surface area contributed by atoms with Crippen molar-refractivity contribution in [2.75, 3.05) is 0 Å². The third-order valence-electron chi connectivity index (χ3n) is 5.35. The van der Waals surface area contributed by atoms with Crippen LogP contribution in [0, 0.1) is 17.2 Å². The Balaban J connectivity index is 1.64. The van der Waals surface area contributed by atoms with Crippen LogP contribution in [0.2, 0.25) is 0 Å². The van der Waals surface area contributed by atoms with Gasteiger partial charge in [-0.2, -0.15) is 5.26 Å². The van der Waals surface area contributed by atoms with E-state index in [0.29, 0.717) is 0 Å². The van der Waals surface area contributed by atoms with Crippen molar-refractivity contribution in [2.24, 2.45) is 5.92 Å². The molecule has 2 aliphatic carbocycles. The predicted molar refractivity (Wildman–Crippen MR) is 110 cm³/mol. The summed E-state index contributed by atoms with van der Waals surface area (Å²) in [7, 11) is 0. The maximum Gasteiger partial charge on any atom is 0.123 e. The second-order valence-corrected chi connectivity index (χ2v) is 8.77. The molecule has 2 atom stereocenters. The Morgan fingerprint density at radius 2 is 2.19 bits per heavy atom. The van der Waals surface area contributed by atoms with Crippen molar-refractivity contribution in [2.45, 2.75) is 51.7 Å². The molecule has 0 saturated carbocycles. The zero-order chi connectivity index (χ0) is 19.0. The molecule has 1 aromatic heterocycles. The van der Waals surface area contributed by atoms with Gasteiger partial charge in [-0.3, -0.25) is 0 Å². The van der Waals surface area contributed by atoms with Gasteiger partial charge in [0.15, 0.2) is 0 Å². The molecule has 2 aliphatic rings. The van der Waals surface area contributed by atoms with Gasteiger partial charge in [0.25, 0.3) is 0 Å². The number of allylic oxidation sites excluding steroid dienone is 2. The SMILES string of the molecule is CC(C)OC1(C)C=CC(c2ncc(-c3cccc4c3CCC4)s2)=CC1C#N. The van der Waals surface area contributed by atoms with Crippen LogP contribution in [0.25, 0.3) is 16.0 Å². The van der Waals surface area contributed by atoms with Gasteiger partial charge in [-0.25, -0.2) is 4.98 Å². The summed E-state index contributed by atoms with van der Waals surface area (Å²) in [6.45, 7) is 5.97. The number of nitriles is 1. The molecule has 1 heterocycles. The zero-order valence-electron chi connectivity index (χ0n) is 16.0. The third-order valence-corrected chi connectivity index (χ3v) is 6.43. The van der Waals surface area contributed by atoms with E-state index in [1.165, 1.54) is 34.4 Å². The molecule has 4 rings (SSSR count). The average Bonchev–Trinajstić information content (AvgIpc) is 3.30. The Labute approximate surface area is 165 Å². The Morgan fingerprint density at radius 3 is 2.96 bits per heavy atom. The summed E-state index contributed by atoms with van der Waals surface area (Å²) < 4.78 is 6.02. The largest absolute Gasteiger partial charge is 0.367 e. The topological polar surface area (TPSA) is 45.9 Å². The standard InChI is InChI=1S/C23H24N2OS/c1-15(2)26-23(3)11-10-17(12-18(23)13-24)22-25-14-21(27-22)20-9-5-7-16-6-4-8-19(16)20/h5,7,9-12,14-15,18H,4,6,8H2,1-3H3. The van der Waals surface area contributed by atoms with Crippen LogP contribution in [-0.4, -0.2) is 16.7 Å². The number of rotatable bonds is 4. The van der Waals surface area contributed by atoms with Crippen LogP contribution >= 0.6 is 11.3 Å². The van der Waals surface area contributed by atoms with Crippen molar-refractivity contribution in [3.63, 3.8) is 0 Å². The summed E-state index contributed by atoms with van der Waals surface area (Å²) in [4.78, 5) is 5.87. The molecular weight excluding hydrogens is 352 g/mol. The molecule has 2 unspecified atom stereocenters. The Bertz CT molecular complexity index is 963. The number of ether oxygens (including phenoxy) is 1. The van der Waals surface area contributed by atoms with Gasteiger partial charge >= 0.3 is 0 Å². The molecule has 0 amide bonds. The van der Waals surface area contributed by atoms with Gasteiger partial charge in [0, 0.05) is 11.8 Å². The lowest BCUT2D eigenvalue weighted by Gasteiger charge is -2.34. The molecule has 0 saturated heterocycles. The van der Waals surface area contributed by atoms with E-state index >= 15 is 0 Å². The van der Waals surface area contributed by atoms with Crippen LogP contribution in [0.1, 0.15) is 43.3 Å². The molecule has 0 fully saturated rings. The summed E-state index contributed by atoms with van der Waals surface area (Å²) >= 11 is 1.70. The first-order valence-electron chi connectivity index (χ1n) is 9.56. The molecule has 2 aromatic rings. The molecular formula is C23H24N2OS. The van der Waals surface area contributed by atoms with Crippen LogP contribution < -0.4 is 0 Å². The number of nitrogens with zero attached hydrogens (tertiary/aromatic N) is 2. The minimum atomic E-state index is -0.591. The molecule has 4 heteroatoms. The van der Waals surface area contributed by atoms with Crippen molar-refractivity contribution >= 4 is 16.9 Å². The molecule has 0 spiro atoms. The van der Waals surface area contributed by atoms with Gasteiger partial charge in [0.2, 0.25) is 0 Å². The van der Waals surface area contributed by atoms with E-state index in [1.54, 1.807) is 11.3 Å². The van der Waals surface area contributed by atoms with E-state index < -0.39 is 5.60 Å². The quantitative estimate of drug-likeness (QED) is 0.700. The highest BCUT2D eigenvalue weighted by Crippen LogP contribution is 2.39. The van der Waals surface area contributed by atoms with Gasteiger partial charge < -0.3 is 4.74 Å². The highest BCUT2D eigenvalue weighted by Gasteiger charge is 2.35. The highest BCUT2D eigenvalue weighted by atomic mass is 32.1. The summed E-state index contributed by atoms with van der Waals surface area (Å²) in [6, 6.07) is 9.00. The monoisotopic (exact) mass is 376 g/mol. The molecule has 0 bridgehead atoms. The Kier molecular flexibility index (Phi) is 4.75. The van der Waals surface area contributed by atoms with Crippen molar-refractivity contribution < 1.29 is 4.74 Å². The fraction of sp³-hybridized carbons (Fsp3) is 0.391. The number of hydrogen-bond donors (Lipinski definition) is 0. The number of hydrogen-bond acceptors (Lipinski definition) is 4. The summed E-state index contributed by atoms with van der Waals surface area (Å²) in [5.74, 6) is -0.326. The Morgan fingerprint density at radius 1 is 1.33 bits per heavy atom. The van der Waals surface area contributed by atoms with E-state index in [9.17, 15) is 5.26 Å². The maximum absolute atomic E-state index is 9.67. The first-order valence-corrected chi connectivity index (χ1v) is 10.4. The normalized spacial score (nSPS) is 24.0. The van der Waals surface area contributed by atoms with Crippen LogP contribution in [-0.2, 0) is 17.6 Å². The van der Waals surface area contributed by atoms with Crippen LogP contribution in [0.3, 0.4) is 0 Å². The molecule has 0 radical (unpaired) electrons. The van der Waals surface area contributed by atoms with Gasteiger partial charge in [0.05, 0.1) is 23.0 Å². The first-order chi connectivity index (χ1) is 13.0. The second kappa shape index (κ2) is 7.07. The van der Waals surface area contributed by atoms with E-state index in [4.69, 9.17) is 4.74 Å². The van der Waals surface area contributed by atoms with Gasteiger partial charge in [0.1, 0.15) is 10.6 Å². The summed E-state index contributed by atoms with van der Waals surface area (Å²) in [5.41, 5.74) is 4.69. The van der Waals surface area contributed by atoms with Crippen LogP contribution in [0.5, 0.6) is 0 Å². The Hall–Kier alpha value is -2.22. The van der Waals surface area contributed by atoms with Crippen molar-refractivity contribution in [1.29, 1.82) is 5.26 Å². The van der Waals surface area contributed by atoms with E-state index in [2.05, 4.69) is 29.3 Å². The summed E-state index contributed by atoms with van der Waals surface area (Å²) in [5, 5.41) is 10.6. The highest BCUT2D eigenvalue weighted by molar-refractivity contribution is 7.16. The first kappa shape index (κ1) is 18.2. The second-order valence-electron chi connectivity index (χ2n) is 7.74. The van der Waals surface area contributed by atoms with Crippen LogP contribution in [0.4, 0.5) is 0 Å². The molecule has 138 valence electrons. The van der Waals surface area contributed by atoms with E-state index in [-0.39, 0.29) is 12.0 Å². The van der Waals surface area contributed by atoms with Gasteiger partial charge in [-0.05, 0) is 56.7 Å². The average molecular weight is 377 g/mol. The van der Waals surface area contributed by atoms with Gasteiger partial charge in [-0.15, -0.1) is 11.3 Å². The lowest BCUT2D eigenvalue weighted by atomic mass is 9.83. The molecule has 0 aliphatic heterocycles. The fourth-order valence-electron chi connectivity index (χ4n) is 4.07. The smallest absolute Gasteiger partial charge is 0.123 e. The minimum absolute atomic E-state index is 0.0668. The van der Waals surface area contributed by atoms with E-state index in [0.717, 1.165) is 17.0 Å². The molecule has 0 N–H and O–H groups in total. The maximum atomic E-state index is 9.67. The third kappa shape index (κ3) is 3.38. The molecule has 27 heavy (non-hydrogen) atoms. The number of aromatic nitrogens is 1. The number of benzene rings is 1. The van der Waals surface area contributed by atoms with Gasteiger partial charge in [-0.1, -0.05) is 36.4 Å². The molecule has 3 nitrogen and oxygen atoms in total.